The third-order valence-electron chi connectivity index (χ3n) is 6.37. The van der Waals surface area contributed by atoms with E-state index in [1.54, 1.807) is 6.20 Å². The van der Waals surface area contributed by atoms with Gasteiger partial charge in [0, 0.05) is 51.3 Å². The first-order chi connectivity index (χ1) is 17.0. The molecule has 2 atom stereocenters. The number of pyridine rings is 1. The fourth-order valence-corrected chi connectivity index (χ4v) is 4.66. The number of aryl methyl sites for hydroxylation is 1. The summed E-state index contributed by atoms with van der Waals surface area (Å²) in [7, 11) is 0. The lowest BCUT2D eigenvalue weighted by Gasteiger charge is -2.37. The highest BCUT2D eigenvalue weighted by Gasteiger charge is 2.32. The fourth-order valence-electron chi connectivity index (χ4n) is 4.66. The van der Waals surface area contributed by atoms with Gasteiger partial charge in [-0.15, -0.1) is 0 Å². The van der Waals surface area contributed by atoms with Crippen LogP contribution in [0.25, 0.3) is 10.8 Å². The van der Waals surface area contributed by atoms with Crippen LogP contribution in [-0.4, -0.2) is 54.5 Å². The van der Waals surface area contributed by atoms with Crippen molar-refractivity contribution in [2.24, 2.45) is 11.8 Å². The minimum absolute atomic E-state index is 0.0283. The molecule has 0 saturated carbocycles. The van der Waals surface area contributed by atoms with Crippen molar-refractivity contribution in [3.05, 3.63) is 72.1 Å². The molecule has 0 spiro atoms. The van der Waals surface area contributed by atoms with Crippen molar-refractivity contribution < 1.29 is 14.3 Å². The first-order valence-electron chi connectivity index (χ1n) is 12.2. The molecule has 1 saturated heterocycles. The van der Waals surface area contributed by atoms with Gasteiger partial charge >= 0.3 is 0 Å². The molecule has 7 nitrogen and oxygen atoms in total. The smallest absolute Gasteiger partial charge is 0.224 e. The Balaban J connectivity index is 1.42. The summed E-state index contributed by atoms with van der Waals surface area (Å²) in [5, 5.41) is 8.16. The number of carbonyl (C=O) groups is 2. The van der Waals surface area contributed by atoms with Crippen molar-refractivity contribution in [3.63, 3.8) is 0 Å². The molecule has 4 rings (SSSR count). The van der Waals surface area contributed by atoms with Gasteiger partial charge in [-0.2, -0.15) is 0 Å². The predicted molar refractivity (Wildman–Crippen MR) is 137 cm³/mol. The zero-order valence-corrected chi connectivity index (χ0v) is 20.5. The van der Waals surface area contributed by atoms with Crippen LogP contribution in [-0.2, 0) is 16.1 Å². The van der Waals surface area contributed by atoms with E-state index >= 15 is 0 Å². The summed E-state index contributed by atoms with van der Waals surface area (Å²) in [6.07, 6.45) is 2.51. The van der Waals surface area contributed by atoms with Crippen molar-refractivity contribution in [2.75, 3.05) is 32.8 Å². The second kappa shape index (κ2) is 11.8. The summed E-state index contributed by atoms with van der Waals surface area (Å²) in [6.45, 7) is 7.16. The van der Waals surface area contributed by atoms with Gasteiger partial charge in [0.05, 0.1) is 18.7 Å². The van der Waals surface area contributed by atoms with E-state index in [0.29, 0.717) is 26.2 Å². The van der Waals surface area contributed by atoms with E-state index in [2.05, 4.69) is 63.0 Å². The molecule has 1 fully saturated rings. The Labute approximate surface area is 206 Å². The van der Waals surface area contributed by atoms with Crippen molar-refractivity contribution in [2.45, 2.75) is 26.8 Å². The Morgan fingerprint density at radius 1 is 1.03 bits per heavy atom. The molecule has 2 heterocycles. The lowest BCUT2D eigenvalue weighted by atomic mass is 9.88. The number of hydrogen-bond acceptors (Lipinski definition) is 5. The Bertz CT molecular complexity index is 1150. The van der Waals surface area contributed by atoms with Gasteiger partial charge in [-0.1, -0.05) is 36.4 Å². The molecule has 35 heavy (non-hydrogen) atoms. The predicted octanol–water partition coefficient (Wildman–Crippen LogP) is 3.31. The number of nitrogens with zero attached hydrogens (tertiary/aromatic N) is 2. The van der Waals surface area contributed by atoms with Crippen molar-refractivity contribution in [3.8, 4) is 5.75 Å². The quantitative estimate of drug-likeness (QED) is 0.465. The molecular formula is C28H34N4O3. The van der Waals surface area contributed by atoms with Crippen LogP contribution in [0, 0.1) is 18.8 Å². The van der Waals surface area contributed by atoms with Gasteiger partial charge in [0.1, 0.15) is 5.75 Å². The highest BCUT2D eigenvalue weighted by molar-refractivity contribution is 5.83. The lowest BCUT2D eigenvalue weighted by molar-refractivity contribution is -0.128. The summed E-state index contributed by atoms with van der Waals surface area (Å²) in [4.78, 5) is 30.7. The van der Waals surface area contributed by atoms with Gasteiger partial charge < -0.3 is 15.4 Å². The molecule has 1 aliphatic rings. The normalized spacial score (nSPS) is 18.2. The highest BCUT2D eigenvalue weighted by Crippen LogP contribution is 2.26. The molecule has 0 bridgehead atoms. The van der Waals surface area contributed by atoms with Crippen LogP contribution in [0.1, 0.15) is 24.6 Å². The molecule has 0 unspecified atom stereocenters. The van der Waals surface area contributed by atoms with Crippen molar-refractivity contribution in [1.82, 2.24) is 20.5 Å². The maximum Gasteiger partial charge on any atom is 0.224 e. The van der Waals surface area contributed by atoms with E-state index in [4.69, 9.17) is 4.74 Å². The van der Waals surface area contributed by atoms with E-state index in [1.807, 2.05) is 19.1 Å². The fraction of sp³-hybridized carbons (Fsp3) is 0.393. The zero-order chi connectivity index (χ0) is 24.6. The average Bonchev–Trinajstić information content (AvgIpc) is 2.86. The first-order valence-corrected chi connectivity index (χ1v) is 12.2. The molecular weight excluding hydrogens is 440 g/mol. The van der Waals surface area contributed by atoms with E-state index in [-0.39, 0.29) is 23.7 Å². The third kappa shape index (κ3) is 7.26. The van der Waals surface area contributed by atoms with Gasteiger partial charge in [-0.05, 0) is 47.9 Å². The van der Waals surface area contributed by atoms with Gasteiger partial charge in [0.2, 0.25) is 11.8 Å². The van der Waals surface area contributed by atoms with Gasteiger partial charge in [0.25, 0.3) is 0 Å². The second-order valence-corrected chi connectivity index (χ2v) is 9.39. The second-order valence-electron chi connectivity index (χ2n) is 9.39. The Morgan fingerprint density at radius 2 is 1.83 bits per heavy atom. The molecule has 2 aromatic carbocycles. The highest BCUT2D eigenvalue weighted by atomic mass is 16.5. The van der Waals surface area contributed by atoms with E-state index < -0.39 is 0 Å². The third-order valence-corrected chi connectivity index (χ3v) is 6.37. The Hall–Kier alpha value is -3.45. The number of benzene rings is 2. The van der Waals surface area contributed by atoms with Gasteiger partial charge in [0.15, 0.2) is 0 Å². The minimum Gasteiger partial charge on any atom is -0.492 e. The van der Waals surface area contributed by atoms with Crippen LogP contribution in [0.2, 0.25) is 0 Å². The number of ether oxygens (including phenoxy) is 1. The zero-order valence-electron chi connectivity index (χ0n) is 20.5. The summed E-state index contributed by atoms with van der Waals surface area (Å²) in [6, 6.07) is 18.8. The molecule has 0 radical (unpaired) electrons. The van der Waals surface area contributed by atoms with E-state index in [1.165, 1.54) is 23.3 Å². The average molecular weight is 475 g/mol. The lowest BCUT2D eigenvalue weighted by Crippen LogP contribution is -2.48. The SMILES string of the molecule is CC(=O)NCCNC(=O)[C@@H]1C[C@H](COc2ccc(C)nc2)CN(Cc2ccc3ccccc3c2)C1. The number of aromatic nitrogens is 1. The van der Waals surface area contributed by atoms with Crippen molar-refractivity contribution in [1.29, 1.82) is 0 Å². The number of amides is 2. The van der Waals surface area contributed by atoms with Gasteiger partial charge in [-0.3, -0.25) is 19.5 Å². The van der Waals surface area contributed by atoms with Crippen LogP contribution in [0.5, 0.6) is 5.75 Å². The molecule has 2 amide bonds. The number of nitrogens with one attached hydrogen (secondary N) is 2. The molecule has 0 aliphatic carbocycles. The standard InChI is InChI=1S/C28H34N4O3/c1-20-7-10-27(15-31-20)35-19-23-14-26(28(34)30-12-11-29-21(2)33)18-32(17-23)16-22-8-9-24-5-3-4-6-25(24)13-22/h3-10,13,15,23,26H,11-12,14,16-19H2,1-2H3,(H,29,33)(H,30,34)/t23-,26+/m0/s1. The minimum atomic E-state index is -0.133. The maximum atomic E-state index is 13.0. The van der Waals surface area contributed by atoms with E-state index in [0.717, 1.165) is 31.0 Å². The number of fused-ring (bicyclic) bond motifs is 1. The number of hydrogen-bond donors (Lipinski definition) is 2. The number of piperidine rings is 1. The van der Waals surface area contributed by atoms with Gasteiger partial charge in [-0.25, -0.2) is 0 Å². The number of likely N-dealkylation sites (tertiary alicyclic amines) is 1. The van der Waals surface area contributed by atoms with Crippen LogP contribution >= 0.6 is 0 Å². The van der Waals surface area contributed by atoms with Crippen LogP contribution in [0.3, 0.4) is 0 Å². The van der Waals surface area contributed by atoms with Crippen LogP contribution < -0.4 is 15.4 Å². The largest absolute Gasteiger partial charge is 0.492 e. The monoisotopic (exact) mass is 474 g/mol. The summed E-state index contributed by atoms with van der Waals surface area (Å²) in [5.41, 5.74) is 2.19. The molecule has 1 aliphatic heterocycles. The molecule has 7 heteroatoms. The van der Waals surface area contributed by atoms with E-state index in [9.17, 15) is 9.59 Å². The summed E-state index contributed by atoms with van der Waals surface area (Å²) < 4.78 is 6.04. The van der Waals surface area contributed by atoms with Crippen molar-refractivity contribution >= 4 is 22.6 Å². The van der Waals surface area contributed by atoms with Crippen LogP contribution in [0.4, 0.5) is 0 Å². The maximum absolute atomic E-state index is 13.0. The van der Waals surface area contributed by atoms with Crippen LogP contribution in [0.15, 0.2) is 60.8 Å². The molecule has 2 N–H and O–H groups in total. The summed E-state index contributed by atoms with van der Waals surface area (Å²) >= 11 is 0. The Morgan fingerprint density at radius 3 is 2.60 bits per heavy atom. The number of carbonyl (C=O) groups excluding carboxylic acids is 2. The molecule has 184 valence electrons. The number of rotatable bonds is 9. The summed E-state index contributed by atoms with van der Waals surface area (Å²) in [5.74, 6) is 0.767. The first kappa shape index (κ1) is 24.7. The Kier molecular flexibility index (Phi) is 8.32. The molecule has 1 aromatic heterocycles. The molecule has 3 aromatic rings. The topological polar surface area (TPSA) is 83.6 Å².